The van der Waals surface area contributed by atoms with E-state index in [0.29, 0.717) is 25.7 Å². The molecule has 192 valence electrons. The fraction of sp³-hybridized carbons (Fsp3) is 1.00. The first-order valence-electron chi connectivity index (χ1n) is 13.6. The summed E-state index contributed by atoms with van der Waals surface area (Å²) in [7, 11) is 0. The topological polar surface area (TPSA) is 60.7 Å². The summed E-state index contributed by atoms with van der Waals surface area (Å²) in [5.74, 6) is 0. The lowest BCUT2D eigenvalue weighted by Gasteiger charge is -2.37. The van der Waals surface area contributed by atoms with Gasteiger partial charge in [0.05, 0.1) is 17.8 Å². The molecule has 1 aliphatic rings. The highest BCUT2D eigenvalue weighted by Gasteiger charge is 2.37. The smallest absolute Gasteiger partial charge is 0.0697 e. The van der Waals surface area contributed by atoms with E-state index < -0.39 is 17.8 Å². The van der Waals surface area contributed by atoms with Crippen LogP contribution in [0.15, 0.2) is 0 Å². The van der Waals surface area contributed by atoms with Crippen LogP contribution in [0, 0.1) is 0 Å². The van der Waals surface area contributed by atoms with Crippen molar-refractivity contribution >= 4 is 23.5 Å². The van der Waals surface area contributed by atoms with Crippen LogP contribution in [-0.4, -0.2) is 56.1 Å². The number of thioether (sulfide) groups is 2. The number of rotatable bonds is 20. The van der Waals surface area contributed by atoms with E-state index in [0.717, 1.165) is 23.3 Å². The van der Waals surface area contributed by atoms with E-state index in [4.69, 9.17) is 0 Å². The van der Waals surface area contributed by atoms with Gasteiger partial charge < -0.3 is 15.3 Å². The Morgan fingerprint density at radius 2 is 1.09 bits per heavy atom. The van der Waals surface area contributed by atoms with Crippen LogP contribution < -0.4 is 0 Å². The fourth-order valence-electron chi connectivity index (χ4n) is 5.37. The zero-order valence-electron chi connectivity index (χ0n) is 21.4. The van der Waals surface area contributed by atoms with E-state index in [-0.39, 0.29) is 0 Å². The summed E-state index contributed by atoms with van der Waals surface area (Å²) in [6.45, 7) is 2.29. The zero-order chi connectivity index (χ0) is 23.7. The Kier molecular flexibility index (Phi) is 18.0. The van der Waals surface area contributed by atoms with Crippen molar-refractivity contribution in [1.82, 2.24) is 0 Å². The number of hydrogen-bond acceptors (Lipinski definition) is 5. The average molecular weight is 491 g/mol. The average Bonchev–Trinajstić information content (AvgIpc) is 2.74. The minimum absolute atomic E-state index is 0.414. The van der Waals surface area contributed by atoms with Gasteiger partial charge in [0.25, 0.3) is 0 Å². The number of aliphatic hydroxyl groups is 3. The van der Waals surface area contributed by atoms with Crippen molar-refractivity contribution in [2.75, 3.05) is 12.5 Å². The maximum Gasteiger partial charge on any atom is 0.0697 e. The Balaban J connectivity index is 1.99. The molecule has 0 aromatic heterocycles. The van der Waals surface area contributed by atoms with Crippen molar-refractivity contribution in [3.05, 3.63) is 0 Å². The van der Waals surface area contributed by atoms with Crippen LogP contribution in [0.2, 0.25) is 0 Å². The van der Waals surface area contributed by atoms with Crippen molar-refractivity contribution in [3.8, 4) is 0 Å². The SMILES string of the molecule is CCCCCCC(SC)C(CCCCCCCCCCCC1(O)C[C@@H](O)C[C@H](O)C1)SC. The molecule has 1 fully saturated rings. The van der Waals surface area contributed by atoms with Crippen molar-refractivity contribution in [3.63, 3.8) is 0 Å². The van der Waals surface area contributed by atoms with Gasteiger partial charge >= 0.3 is 0 Å². The summed E-state index contributed by atoms with van der Waals surface area (Å²) in [5, 5.41) is 31.8. The van der Waals surface area contributed by atoms with E-state index in [1.165, 1.54) is 83.5 Å². The highest BCUT2D eigenvalue weighted by Crippen LogP contribution is 2.33. The molecule has 4 atom stereocenters. The fourth-order valence-corrected chi connectivity index (χ4v) is 7.72. The molecule has 3 N–H and O–H groups in total. The van der Waals surface area contributed by atoms with Gasteiger partial charge in [0.15, 0.2) is 0 Å². The number of aliphatic hydroxyl groups excluding tert-OH is 2. The largest absolute Gasteiger partial charge is 0.393 e. The molecule has 3 nitrogen and oxygen atoms in total. The van der Waals surface area contributed by atoms with E-state index in [1.807, 2.05) is 0 Å². The third-order valence-corrected chi connectivity index (χ3v) is 9.78. The third kappa shape index (κ3) is 14.1. The Morgan fingerprint density at radius 3 is 1.53 bits per heavy atom. The highest BCUT2D eigenvalue weighted by molar-refractivity contribution is 8.03. The van der Waals surface area contributed by atoms with Crippen LogP contribution in [-0.2, 0) is 0 Å². The maximum absolute atomic E-state index is 10.6. The predicted octanol–water partition coefficient (Wildman–Crippen LogP) is 7.35. The van der Waals surface area contributed by atoms with Gasteiger partial charge in [0, 0.05) is 23.3 Å². The summed E-state index contributed by atoms with van der Waals surface area (Å²) in [5.41, 5.74) is -0.851. The van der Waals surface area contributed by atoms with Crippen molar-refractivity contribution < 1.29 is 15.3 Å². The molecule has 1 saturated carbocycles. The van der Waals surface area contributed by atoms with Gasteiger partial charge in [-0.3, -0.25) is 0 Å². The van der Waals surface area contributed by atoms with E-state index >= 15 is 0 Å². The van der Waals surface area contributed by atoms with E-state index in [2.05, 4.69) is 43.0 Å². The Morgan fingerprint density at radius 1 is 0.688 bits per heavy atom. The van der Waals surface area contributed by atoms with E-state index in [9.17, 15) is 15.3 Å². The molecule has 0 spiro atoms. The van der Waals surface area contributed by atoms with Crippen molar-refractivity contribution in [2.45, 2.75) is 157 Å². The molecule has 0 saturated heterocycles. The van der Waals surface area contributed by atoms with Gasteiger partial charge in [0.2, 0.25) is 0 Å². The second kappa shape index (κ2) is 18.9. The number of hydrogen-bond donors (Lipinski definition) is 3. The second-order valence-electron chi connectivity index (χ2n) is 10.3. The standard InChI is InChI=1S/C27H54O3S2/c1-4-5-6-14-17-25(31-2)26(32-3)18-15-12-10-8-7-9-11-13-16-19-27(30)21-23(28)20-24(29)22-27/h23-26,28-30H,4-22H2,1-3H3/t23-,24-,25?,26?/m0/s1. The summed E-state index contributed by atoms with van der Waals surface area (Å²) in [6, 6.07) is 0. The lowest BCUT2D eigenvalue weighted by atomic mass is 9.78. The normalized spacial score (nSPS) is 25.7. The highest BCUT2D eigenvalue weighted by atomic mass is 32.2. The molecular formula is C27H54O3S2. The minimum atomic E-state index is -0.851. The van der Waals surface area contributed by atoms with Crippen LogP contribution in [0.3, 0.4) is 0 Å². The molecule has 0 aromatic rings. The molecule has 1 aliphatic carbocycles. The first-order chi connectivity index (χ1) is 15.4. The van der Waals surface area contributed by atoms with Crippen LogP contribution in [0.1, 0.15) is 129 Å². The van der Waals surface area contributed by atoms with Crippen LogP contribution in [0.4, 0.5) is 0 Å². The lowest BCUT2D eigenvalue weighted by Crippen LogP contribution is -2.43. The summed E-state index contributed by atoms with van der Waals surface area (Å²) in [6.07, 6.45) is 25.3. The molecule has 0 radical (unpaired) electrons. The minimum Gasteiger partial charge on any atom is -0.393 e. The Hall–Kier alpha value is 0.580. The quantitative estimate of drug-likeness (QED) is 0.156. The molecular weight excluding hydrogens is 436 g/mol. The van der Waals surface area contributed by atoms with Crippen molar-refractivity contribution in [2.24, 2.45) is 0 Å². The maximum atomic E-state index is 10.6. The molecule has 0 aliphatic heterocycles. The summed E-state index contributed by atoms with van der Waals surface area (Å²) >= 11 is 4.18. The molecule has 0 bridgehead atoms. The molecule has 2 unspecified atom stereocenters. The first-order valence-corrected chi connectivity index (χ1v) is 16.2. The monoisotopic (exact) mass is 490 g/mol. The second-order valence-corrected chi connectivity index (χ2v) is 12.4. The van der Waals surface area contributed by atoms with Crippen molar-refractivity contribution in [1.29, 1.82) is 0 Å². The van der Waals surface area contributed by atoms with Crippen LogP contribution in [0.25, 0.3) is 0 Å². The zero-order valence-corrected chi connectivity index (χ0v) is 23.0. The Labute approximate surface area is 208 Å². The predicted molar refractivity (Wildman–Crippen MR) is 145 cm³/mol. The van der Waals surface area contributed by atoms with Crippen LogP contribution >= 0.6 is 23.5 Å². The molecule has 0 amide bonds. The Bertz CT molecular complexity index is 425. The molecule has 32 heavy (non-hydrogen) atoms. The van der Waals surface area contributed by atoms with Gasteiger partial charge in [-0.25, -0.2) is 0 Å². The summed E-state index contributed by atoms with van der Waals surface area (Å²) in [4.78, 5) is 0. The van der Waals surface area contributed by atoms with Gasteiger partial charge in [-0.05, 0) is 38.2 Å². The molecule has 5 heteroatoms. The van der Waals surface area contributed by atoms with Gasteiger partial charge in [-0.15, -0.1) is 0 Å². The number of unbranched alkanes of at least 4 members (excludes halogenated alkanes) is 11. The summed E-state index contributed by atoms with van der Waals surface area (Å²) < 4.78 is 0. The molecule has 1 rings (SSSR count). The van der Waals surface area contributed by atoms with Gasteiger partial charge in [-0.2, -0.15) is 23.5 Å². The first kappa shape index (κ1) is 30.6. The molecule has 0 heterocycles. The third-order valence-electron chi connectivity index (χ3n) is 7.27. The molecule has 0 aromatic carbocycles. The van der Waals surface area contributed by atoms with E-state index in [1.54, 1.807) is 0 Å². The van der Waals surface area contributed by atoms with Gasteiger partial charge in [-0.1, -0.05) is 90.4 Å². The lowest BCUT2D eigenvalue weighted by molar-refractivity contribution is -0.0950. The van der Waals surface area contributed by atoms with Crippen LogP contribution in [0.5, 0.6) is 0 Å². The van der Waals surface area contributed by atoms with Gasteiger partial charge in [0.1, 0.15) is 0 Å².